The summed E-state index contributed by atoms with van der Waals surface area (Å²) in [5.74, 6) is 0.720. The van der Waals surface area contributed by atoms with E-state index in [1.54, 1.807) is 0 Å². The van der Waals surface area contributed by atoms with Gasteiger partial charge in [0.25, 0.3) is 0 Å². The molecule has 0 radical (unpaired) electrons. The summed E-state index contributed by atoms with van der Waals surface area (Å²) < 4.78 is 22.7. The maximum absolute atomic E-state index is 11.4. The van der Waals surface area contributed by atoms with Gasteiger partial charge in [-0.1, -0.05) is 0 Å². The highest BCUT2D eigenvalue weighted by molar-refractivity contribution is 7.91. The number of Topliss-reactive ketones (excluding diaryl/α,β-unsaturated/α-hetero) is 1. The number of carbonyl (C=O) groups excluding carboxylic acids is 1. The van der Waals surface area contributed by atoms with Gasteiger partial charge in [-0.05, 0) is 13.3 Å². The second kappa shape index (κ2) is 3.03. The van der Waals surface area contributed by atoms with Crippen LogP contribution in [0.5, 0.6) is 0 Å². The number of nitrogens with zero attached hydrogens (tertiary/aromatic N) is 1. The largest absolute Gasteiger partial charge is 0.298 e. The third-order valence-corrected chi connectivity index (χ3v) is 5.16. The van der Waals surface area contributed by atoms with Crippen molar-refractivity contribution in [3.63, 3.8) is 0 Å². The van der Waals surface area contributed by atoms with Crippen molar-refractivity contribution in [2.75, 3.05) is 24.6 Å². The zero-order valence-corrected chi connectivity index (χ0v) is 9.14. The Kier molecular flexibility index (Phi) is 2.19. The summed E-state index contributed by atoms with van der Waals surface area (Å²) in [7, 11) is -2.86. The Bertz CT molecular complexity index is 362. The van der Waals surface area contributed by atoms with Crippen LogP contribution in [-0.4, -0.2) is 49.2 Å². The molecule has 2 saturated heterocycles. The molecular formula is C9H15NO3S. The van der Waals surface area contributed by atoms with Gasteiger partial charge >= 0.3 is 0 Å². The second-order valence-corrected chi connectivity index (χ2v) is 6.73. The molecule has 14 heavy (non-hydrogen) atoms. The third-order valence-electron chi connectivity index (χ3n) is 3.27. The van der Waals surface area contributed by atoms with Crippen molar-refractivity contribution >= 4 is 15.6 Å². The van der Waals surface area contributed by atoms with Gasteiger partial charge in [0.15, 0.2) is 9.84 Å². The van der Waals surface area contributed by atoms with E-state index < -0.39 is 9.84 Å². The number of hydrogen-bond donors (Lipinski definition) is 0. The molecule has 2 rings (SSSR count). The first kappa shape index (κ1) is 10.1. The molecule has 0 amide bonds. The summed E-state index contributed by atoms with van der Waals surface area (Å²) >= 11 is 0. The summed E-state index contributed by atoms with van der Waals surface area (Å²) in [5.41, 5.74) is -0.287. The van der Waals surface area contributed by atoms with E-state index in [-0.39, 0.29) is 22.8 Å². The van der Waals surface area contributed by atoms with Gasteiger partial charge in [-0.3, -0.25) is 9.69 Å². The van der Waals surface area contributed by atoms with Crippen LogP contribution in [-0.2, 0) is 14.6 Å². The van der Waals surface area contributed by atoms with E-state index in [4.69, 9.17) is 0 Å². The minimum absolute atomic E-state index is 0.216. The van der Waals surface area contributed by atoms with Crippen molar-refractivity contribution in [1.29, 1.82) is 0 Å². The fourth-order valence-electron chi connectivity index (χ4n) is 2.33. The quantitative estimate of drug-likeness (QED) is 0.612. The molecule has 0 saturated carbocycles. The first-order valence-corrected chi connectivity index (χ1v) is 6.71. The van der Waals surface area contributed by atoms with Crippen molar-refractivity contribution in [2.45, 2.75) is 25.3 Å². The van der Waals surface area contributed by atoms with Crippen molar-refractivity contribution in [3.8, 4) is 0 Å². The zero-order valence-electron chi connectivity index (χ0n) is 8.32. The summed E-state index contributed by atoms with van der Waals surface area (Å²) in [6, 6.07) is 0. The van der Waals surface area contributed by atoms with Gasteiger partial charge in [0.05, 0.1) is 18.1 Å². The molecule has 80 valence electrons. The van der Waals surface area contributed by atoms with Crippen LogP contribution in [0.4, 0.5) is 0 Å². The second-order valence-electron chi connectivity index (χ2n) is 4.55. The number of likely N-dealkylation sites (tertiary alicyclic amines) is 1. The standard InChI is InChI=1S/C9H15NO3S/c1-9(3-5-14(12,13)7-9)10-4-2-8(11)6-10/h2-7H2,1H3. The highest BCUT2D eigenvalue weighted by atomic mass is 32.2. The van der Waals surface area contributed by atoms with Crippen LogP contribution in [0, 0.1) is 0 Å². The van der Waals surface area contributed by atoms with Crippen LogP contribution in [0.1, 0.15) is 19.8 Å². The smallest absolute Gasteiger partial charge is 0.152 e. The molecule has 2 aliphatic heterocycles. The first-order chi connectivity index (χ1) is 6.41. The Morgan fingerprint density at radius 1 is 1.43 bits per heavy atom. The number of hydrogen-bond acceptors (Lipinski definition) is 4. The third kappa shape index (κ3) is 1.70. The molecule has 4 nitrogen and oxygen atoms in total. The van der Waals surface area contributed by atoms with E-state index in [9.17, 15) is 13.2 Å². The molecule has 0 N–H and O–H groups in total. The number of rotatable bonds is 1. The molecule has 5 heteroatoms. The lowest BCUT2D eigenvalue weighted by atomic mass is 10.0. The van der Waals surface area contributed by atoms with Crippen molar-refractivity contribution in [1.82, 2.24) is 4.90 Å². The average molecular weight is 217 g/mol. The van der Waals surface area contributed by atoms with E-state index in [0.717, 1.165) is 6.54 Å². The normalized spacial score (nSPS) is 37.9. The minimum atomic E-state index is -2.86. The number of sulfone groups is 1. The summed E-state index contributed by atoms with van der Waals surface area (Å²) in [4.78, 5) is 13.2. The molecule has 1 atom stereocenters. The SMILES string of the molecule is CC1(N2CCC(=O)C2)CCS(=O)(=O)C1. The maximum atomic E-state index is 11.4. The Labute approximate surface area is 84.2 Å². The Morgan fingerprint density at radius 3 is 2.57 bits per heavy atom. The summed E-state index contributed by atoms with van der Waals surface area (Å²) in [6.07, 6.45) is 1.25. The Balaban J connectivity index is 2.15. The molecular weight excluding hydrogens is 202 g/mol. The van der Waals surface area contributed by atoms with Crippen LogP contribution in [0.25, 0.3) is 0 Å². The number of ketones is 1. The minimum Gasteiger partial charge on any atom is -0.298 e. The summed E-state index contributed by atoms with van der Waals surface area (Å²) in [5, 5.41) is 0. The Hall–Kier alpha value is -0.420. The highest BCUT2D eigenvalue weighted by Gasteiger charge is 2.44. The molecule has 2 heterocycles. The molecule has 2 fully saturated rings. The molecule has 1 unspecified atom stereocenters. The van der Waals surface area contributed by atoms with E-state index in [0.29, 0.717) is 19.4 Å². The van der Waals surface area contributed by atoms with Gasteiger partial charge in [0.2, 0.25) is 0 Å². The van der Waals surface area contributed by atoms with Crippen LogP contribution in [0.2, 0.25) is 0 Å². The van der Waals surface area contributed by atoms with Gasteiger partial charge in [-0.2, -0.15) is 0 Å². The van der Waals surface area contributed by atoms with Gasteiger partial charge in [0, 0.05) is 18.5 Å². The lowest BCUT2D eigenvalue weighted by Crippen LogP contribution is -2.46. The fraction of sp³-hybridized carbons (Fsp3) is 0.889. The van der Waals surface area contributed by atoms with Gasteiger partial charge in [-0.15, -0.1) is 0 Å². The first-order valence-electron chi connectivity index (χ1n) is 4.89. The maximum Gasteiger partial charge on any atom is 0.152 e. The molecule has 0 aromatic heterocycles. The molecule has 0 aliphatic carbocycles. The van der Waals surface area contributed by atoms with Crippen LogP contribution in [0.15, 0.2) is 0 Å². The zero-order chi connectivity index (χ0) is 10.4. The van der Waals surface area contributed by atoms with Gasteiger partial charge < -0.3 is 0 Å². The van der Waals surface area contributed by atoms with E-state index >= 15 is 0 Å². The molecule has 0 aromatic carbocycles. The van der Waals surface area contributed by atoms with E-state index in [1.165, 1.54) is 0 Å². The molecule has 2 aliphatic rings. The van der Waals surface area contributed by atoms with Gasteiger partial charge in [0.1, 0.15) is 5.78 Å². The van der Waals surface area contributed by atoms with Crippen molar-refractivity contribution in [3.05, 3.63) is 0 Å². The topological polar surface area (TPSA) is 54.5 Å². The van der Waals surface area contributed by atoms with Gasteiger partial charge in [-0.25, -0.2) is 8.42 Å². The van der Waals surface area contributed by atoms with E-state index in [1.807, 2.05) is 11.8 Å². The van der Waals surface area contributed by atoms with E-state index in [2.05, 4.69) is 0 Å². The van der Waals surface area contributed by atoms with Crippen molar-refractivity contribution in [2.24, 2.45) is 0 Å². The van der Waals surface area contributed by atoms with Crippen LogP contribution >= 0.6 is 0 Å². The monoisotopic (exact) mass is 217 g/mol. The predicted molar refractivity (Wildman–Crippen MR) is 52.9 cm³/mol. The molecule has 0 bridgehead atoms. The molecule has 0 spiro atoms. The predicted octanol–water partition coefficient (Wildman–Crippen LogP) is -0.162. The van der Waals surface area contributed by atoms with Crippen LogP contribution in [0.3, 0.4) is 0 Å². The van der Waals surface area contributed by atoms with Crippen molar-refractivity contribution < 1.29 is 13.2 Å². The lowest BCUT2D eigenvalue weighted by molar-refractivity contribution is -0.117. The van der Waals surface area contributed by atoms with Crippen LogP contribution < -0.4 is 0 Å². The fourth-order valence-corrected chi connectivity index (χ4v) is 4.50. The summed E-state index contributed by atoms with van der Waals surface area (Å²) in [6.45, 7) is 3.12. The highest BCUT2D eigenvalue weighted by Crippen LogP contribution is 2.31. The Morgan fingerprint density at radius 2 is 2.14 bits per heavy atom. The number of carbonyl (C=O) groups is 1. The lowest BCUT2D eigenvalue weighted by Gasteiger charge is -2.33. The average Bonchev–Trinajstić information content (AvgIpc) is 2.57. The molecule has 0 aromatic rings.